The maximum Gasteiger partial charge on any atom is 0.264 e. The second kappa shape index (κ2) is 13.2. The van der Waals surface area contributed by atoms with Crippen molar-refractivity contribution in [3.05, 3.63) is 88.0 Å². The number of halogens is 1. The molecule has 0 atom stereocenters. The zero-order chi connectivity index (χ0) is 26.8. The van der Waals surface area contributed by atoms with Gasteiger partial charge in [-0.05, 0) is 103 Å². The molecule has 0 fully saturated rings. The summed E-state index contributed by atoms with van der Waals surface area (Å²) >= 11 is 2.12. The minimum atomic E-state index is -3.99. The van der Waals surface area contributed by atoms with Gasteiger partial charge in [0.25, 0.3) is 21.8 Å². The van der Waals surface area contributed by atoms with E-state index in [4.69, 9.17) is 4.74 Å². The first-order valence-electron chi connectivity index (χ1n) is 11.3. The lowest BCUT2D eigenvalue weighted by atomic mass is 10.2. The van der Waals surface area contributed by atoms with Crippen LogP contribution in [0, 0.1) is 3.57 Å². The molecule has 11 heteroatoms. The van der Waals surface area contributed by atoms with Gasteiger partial charge in [-0.1, -0.05) is 18.2 Å². The topological polar surface area (TPSA) is 117 Å². The third-order valence-corrected chi connectivity index (χ3v) is 7.34. The normalized spacial score (nSPS) is 11.4. The van der Waals surface area contributed by atoms with Crippen LogP contribution in [0.5, 0.6) is 5.75 Å². The third-order valence-electron chi connectivity index (χ3n) is 4.84. The number of nitrogens with one attached hydrogen (secondary N) is 2. The number of sulfonamides is 1. The van der Waals surface area contributed by atoms with E-state index in [1.165, 1.54) is 18.3 Å². The Hall–Kier alpha value is -3.45. The molecule has 3 aromatic carbocycles. The smallest absolute Gasteiger partial charge is 0.264 e. The van der Waals surface area contributed by atoms with Gasteiger partial charge < -0.3 is 10.1 Å². The molecule has 3 rings (SSSR count). The summed E-state index contributed by atoms with van der Waals surface area (Å²) in [6, 6.07) is 21.6. The third kappa shape index (κ3) is 8.57. The molecule has 37 heavy (non-hydrogen) atoms. The van der Waals surface area contributed by atoms with Crippen molar-refractivity contribution < 1.29 is 22.7 Å². The van der Waals surface area contributed by atoms with Crippen LogP contribution in [0.2, 0.25) is 0 Å². The largest absolute Gasteiger partial charge is 0.484 e. The van der Waals surface area contributed by atoms with Crippen LogP contribution < -0.4 is 19.8 Å². The first-order chi connectivity index (χ1) is 17.6. The molecule has 0 aliphatic carbocycles. The molecule has 0 aromatic heterocycles. The lowest BCUT2D eigenvalue weighted by molar-refractivity contribution is -0.123. The van der Waals surface area contributed by atoms with E-state index in [2.05, 4.69) is 38.4 Å². The number of carbonyl (C=O) groups is 2. The number of nitrogens with zero attached hydrogens (tertiary/aromatic N) is 2. The van der Waals surface area contributed by atoms with Crippen molar-refractivity contribution in [2.24, 2.45) is 5.10 Å². The molecule has 0 aliphatic heterocycles. The van der Waals surface area contributed by atoms with Crippen molar-refractivity contribution in [1.82, 2.24) is 10.7 Å². The lowest BCUT2D eigenvalue weighted by Crippen LogP contribution is -2.39. The molecular weight excluding hydrogens is 607 g/mol. The number of ether oxygens (including phenoxy) is 1. The predicted octanol–water partition coefficient (Wildman–Crippen LogP) is 3.54. The second-order valence-corrected chi connectivity index (χ2v) is 11.3. The molecule has 2 N–H and O–H groups in total. The zero-order valence-electron chi connectivity index (χ0n) is 20.3. The highest BCUT2D eigenvalue weighted by molar-refractivity contribution is 14.1. The van der Waals surface area contributed by atoms with E-state index in [9.17, 15) is 18.0 Å². The van der Waals surface area contributed by atoms with Gasteiger partial charge in [0.2, 0.25) is 0 Å². The van der Waals surface area contributed by atoms with Gasteiger partial charge in [-0.3, -0.25) is 13.9 Å². The van der Waals surface area contributed by atoms with E-state index >= 15 is 0 Å². The molecular formula is C26H27IN4O5S. The minimum absolute atomic E-state index is 0.0342. The summed E-state index contributed by atoms with van der Waals surface area (Å²) < 4.78 is 34.0. The predicted molar refractivity (Wildman–Crippen MR) is 151 cm³/mol. The summed E-state index contributed by atoms with van der Waals surface area (Å²) in [5.41, 5.74) is 3.41. The van der Waals surface area contributed by atoms with Crippen molar-refractivity contribution >= 4 is 56.3 Å². The number of carbonyl (C=O) groups excluding carboxylic acids is 2. The highest BCUT2D eigenvalue weighted by Crippen LogP contribution is 2.24. The Labute approximate surface area is 230 Å². The Kier molecular flexibility index (Phi) is 10.0. The van der Waals surface area contributed by atoms with E-state index in [1.807, 2.05) is 13.8 Å². The number of rotatable bonds is 11. The Morgan fingerprint density at radius 2 is 1.62 bits per heavy atom. The molecule has 194 valence electrons. The number of hydrogen-bond donors (Lipinski definition) is 2. The molecule has 0 unspecified atom stereocenters. The van der Waals surface area contributed by atoms with E-state index in [0.717, 1.165) is 7.88 Å². The van der Waals surface area contributed by atoms with Crippen LogP contribution in [-0.2, 0) is 19.6 Å². The standard InChI is InChI=1S/C26H27IN4O5S/c1-19(2)29-26(33)18-36-23-14-8-20(9-15-23)16-28-30-25(32)17-31(22-12-10-21(27)11-13-22)37(34,35)24-6-4-3-5-7-24/h3-16,19H,17-18H2,1-2H3,(H,29,33)(H,30,32)/b28-16-. The number of hydrogen-bond acceptors (Lipinski definition) is 6. The fourth-order valence-electron chi connectivity index (χ4n) is 3.15. The van der Waals surface area contributed by atoms with Crippen LogP contribution in [0.15, 0.2) is 88.9 Å². The first kappa shape index (κ1) is 28.1. The van der Waals surface area contributed by atoms with E-state index in [-0.39, 0.29) is 23.5 Å². The molecule has 0 spiro atoms. The van der Waals surface area contributed by atoms with Crippen molar-refractivity contribution in [2.45, 2.75) is 24.8 Å². The van der Waals surface area contributed by atoms with Crippen molar-refractivity contribution in [1.29, 1.82) is 0 Å². The first-order valence-corrected chi connectivity index (χ1v) is 13.8. The van der Waals surface area contributed by atoms with Gasteiger partial charge in [-0.25, -0.2) is 13.8 Å². The fraction of sp³-hybridized carbons (Fsp3) is 0.192. The lowest BCUT2D eigenvalue weighted by Gasteiger charge is -2.23. The van der Waals surface area contributed by atoms with Gasteiger partial charge in [0.15, 0.2) is 6.61 Å². The summed E-state index contributed by atoms with van der Waals surface area (Å²) in [4.78, 5) is 24.4. The van der Waals surface area contributed by atoms with Gasteiger partial charge in [0.05, 0.1) is 16.8 Å². The molecule has 3 aromatic rings. The maximum absolute atomic E-state index is 13.3. The highest BCUT2D eigenvalue weighted by atomic mass is 127. The van der Waals surface area contributed by atoms with Crippen LogP contribution in [0.1, 0.15) is 19.4 Å². The summed E-state index contributed by atoms with van der Waals surface area (Å²) in [6.45, 7) is 3.19. The van der Waals surface area contributed by atoms with Crippen LogP contribution in [0.4, 0.5) is 5.69 Å². The van der Waals surface area contributed by atoms with Crippen molar-refractivity contribution in [2.75, 3.05) is 17.5 Å². The molecule has 0 heterocycles. The van der Waals surface area contributed by atoms with Gasteiger partial charge in [-0.15, -0.1) is 0 Å². The van der Waals surface area contributed by atoms with Crippen LogP contribution >= 0.6 is 22.6 Å². The van der Waals surface area contributed by atoms with E-state index in [1.54, 1.807) is 66.7 Å². The minimum Gasteiger partial charge on any atom is -0.484 e. The molecule has 2 amide bonds. The molecule has 9 nitrogen and oxygen atoms in total. The van der Waals surface area contributed by atoms with Crippen LogP contribution in [0.3, 0.4) is 0 Å². The second-order valence-electron chi connectivity index (χ2n) is 8.17. The highest BCUT2D eigenvalue weighted by Gasteiger charge is 2.27. The Bertz CT molecular complexity index is 1330. The van der Waals surface area contributed by atoms with Gasteiger partial charge in [0.1, 0.15) is 12.3 Å². The monoisotopic (exact) mass is 634 g/mol. The summed E-state index contributed by atoms with van der Waals surface area (Å²) in [5, 5.41) is 6.68. The molecule has 0 aliphatic rings. The summed E-state index contributed by atoms with van der Waals surface area (Å²) in [6.07, 6.45) is 1.42. The number of benzene rings is 3. The Morgan fingerprint density at radius 3 is 2.24 bits per heavy atom. The number of amides is 2. The molecule has 0 bridgehead atoms. The Morgan fingerprint density at radius 1 is 0.973 bits per heavy atom. The van der Waals surface area contributed by atoms with Gasteiger partial charge in [-0.2, -0.15) is 5.10 Å². The van der Waals surface area contributed by atoms with Crippen molar-refractivity contribution in [3.8, 4) is 5.75 Å². The maximum atomic E-state index is 13.3. The molecule has 0 saturated carbocycles. The van der Waals surface area contributed by atoms with Crippen LogP contribution in [0.25, 0.3) is 0 Å². The fourth-order valence-corrected chi connectivity index (χ4v) is 4.95. The van der Waals surface area contributed by atoms with E-state index < -0.39 is 22.5 Å². The number of hydrazone groups is 1. The quantitative estimate of drug-likeness (QED) is 0.190. The summed E-state index contributed by atoms with van der Waals surface area (Å²) in [7, 11) is -3.99. The van der Waals surface area contributed by atoms with Crippen molar-refractivity contribution in [3.63, 3.8) is 0 Å². The van der Waals surface area contributed by atoms with E-state index in [0.29, 0.717) is 17.0 Å². The van der Waals surface area contributed by atoms with Crippen LogP contribution in [-0.4, -0.2) is 45.6 Å². The SMILES string of the molecule is CC(C)NC(=O)COc1ccc(/C=N\NC(=O)CN(c2ccc(I)cc2)S(=O)(=O)c2ccccc2)cc1. The Balaban J connectivity index is 1.64. The summed E-state index contributed by atoms with van der Waals surface area (Å²) in [5.74, 6) is -0.304. The zero-order valence-corrected chi connectivity index (χ0v) is 23.3. The van der Waals surface area contributed by atoms with Gasteiger partial charge in [0, 0.05) is 9.61 Å². The van der Waals surface area contributed by atoms with Gasteiger partial charge >= 0.3 is 0 Å². The number of anilines is 1. The average Bonchev–Trinajstić information content (AvgIpc) is 2.87. The molecule has 0 saturated heterocycles. The average molecular weight is 634 g/mol. The molecule has 0 radical (unpaired) electrons.